The fraction of sp³-hybridized carbons (Fsp3) is 0.231. The fourth-order valence-corrected chi connectivity index (χ4v) is 7.44. The van der Waals surface area contributed by atoms with Crippen molar-refractivity contribution in [2.24, 2.45) is 0 Å². The fourth-order valence-electron chi connectivity index (χ4n) is 7.44. The van der Waals surface area contributed by atoms with E-state index in [9.17, 15) is 0 Å². The van der Waals surface area contributed by atoms with E-state index in [1.807, 2.05) is 67.6 Å². The third kappa shape index (κ3) is 4.12. The Morgan fingerprint density at radius 1 is 0.667 bits per heavy atom. The lowest BCUT2D eigenvalue weighted by Gasteiger charge is -2.38. The van der Waals surface area contributed by atoms with E-state index in [0.717, 1.165) is 72.5 Å². The summed E-state index contributed by atoms with van der Waals surface area (Å²) in [5.41, 5.74) is 6.43. The Bertz CT molecular complexity index is 1960. The molecule has 1 aliphatic carbocycles. The van der Waals surface area contributed by atoms with Crippen LogP contribution >= 0.6 is 0 Å². The van der Waals surface area contributed by atoms with Crippen LogP contribution in [0.1, 0.15) is 47.2 Å². The molecule has 1 heterocycles. The molecule has 0 saturated heterocycles. The van der Waals surface area contributed by atoms with Gasteiger partial charge in [0.15, 0.2) is 17.1 Å². The number of benzene rings is 5. The average molecular weight is 603 g/mol. The topological polar surface area (TPSA) is 46.2 Å². The highest BCUT2D eigenvalue weighted by atomic mass is 19.1. The molecule has 5 nitrogen and oxygen atoms in total. The lowest BCUT2D eigenvalue weighted by atomic mass is 9.76. The van der Waals surface area contributed by atoms with Gasteiger partial charge >= 0.3 is 0 Å². The molecule has 228 valence electrons. The molecule has 5 aromatic carbocycles. The van der Waals surface area contributed by atoms with Crippen LogP contribution in [0.4, 0.5) is 4.39 Å². The molecule has 6 heteroatoms. The molecular formula is C39H35FO5. The minimum absolute atomic E-state index is 0.258. The first-order valence-corrected chi connectivity index (χ1v) is 14.9. The molecule has 0 N–H and O–H groups in total. The van der Waals surface area contributed by atoms with E-state index in [-0.39, 0.29) is 5.82 Å². The van der Waals surface area contributed by atoms with E-state index >= 15 is 4.39 Å². The molecular weight excluding hydrogens is 567 g/mol. The molecule has 1 aliphatic heterocycles. The van der Waals surface area contributed by atoms with Crippen molar-refractivity contribution in [3.8, 4) is 39.9 Å². The standard InChI is InChI=1S/C39H35FO5/c1-22-18-25(40)19-31-34-29-20-32(43-6)33(44-7)21-30(29)37-28(36(34)38(2,3)35(22)31)16-17-39(45-37,23-8-12-26(41-4)13-9-23)24-10-14-27(42-5)15-11-24/h8-21H,1-7H3. The van der Waals surface area contributed by atoms with Gasteiger partial charge in [-0.05, 0) is 94.7 Å². The summed E-state index contributed by atoms with van der Waals surface area (Å²) in [6, 6.07) is 23.1. The Hall–Kier alpha value is -4.97. The van der Waals surface area contributed by atoms with Crippen molar-refractivity contribution >= 4 is 16.8 Å². The maximum atomic E-state index is 15.1. The SMILES string of the molecule is COc1ccc(C2(c3ccc(OC)cc3)C=Cc3c4c(c5cc(OC)c(OC)cc5c3O2)-c2cc(F)cc(C)c2C4(C)C)cc1. The first kappa shape index (κ1) is 28.8. The maximum Gasteiger partial charge on any atom is 0.178 e. The van der Waals surface area contributed by atoms with Crippen molar-refractivity contribution in [3.05, 3.63) is 118 Å². The summed E-state index contributed by atoms with van der Waals surface area (Å²) in [5.74, 6) is 3.15. The number of ether oxygens (including phenoxy) is 5. The maximum absolute atomic E-state index is 15.1. The van der Waals surface area contributed by atoms with E-state index in [4.69, 9.17) is 23.7 Å². The van der Waals surface area contributed by atoms with Gasteiger partial charge < -0.3 is 23.7 Å². The third-order valence-corrected chi connectivity index (χ3v) is 9.41. The minimum Gasteiger partial charge on any atom is -0.497 e. The van der Waals surface area contributed by atoms with Gasteiger partial charge in [-0.15, -0.1) is 0 Å². The second kappa shape index (κ2) is 10.3. The number of hydrogen-bond donors (Lipinski definition) is 0. The number of aryl methyl sites for hydroxylation is 1. The summed E-state index contributed by atoms with van der Waals surface area (Å²) in [4.78, 5) is 0. The van der Waals surface area contributed by atoms with Crippen molar-refractivity contribution in [1.82, 2.24) is 0 Å². The molecule has 0 bridgehead atoms. The van der Waals surface area contributed by atoms with Crippen LogP contribution in [0.3, 0.4) is 0 Å². The van der Waals surface area contributed by atoms with E-state index < -0.39 is 11.0 Å². The summed E-state index contributed by atoms with van der Waals surface area (Å²) in [6.07, 6.45) is 4.29. The molecule has 0 saturated carbocycles. The zero-order valence-electron chi connectivity index (χ0n) is 26.5. The molecule has 0 atom stereocenters. The van der Waals surface area contributed by atoms with Gasteiger partial charge in [0.25, 0.3) is 0 Å². The van der Waals surface area contributed by atoms with E-state index in [1.165, 1.54) is 0 Å². The molecule has 45 heavy (non-hydrogen) atoms. The first-order valence-electron chi connectivity index (χ1n) is 14.9. The van der Waals surface area contributed by atoms with E-state index in [0.29, 0.717) is 11.5 Å². The number of rotatable bonds is 6. The quantitative estimate of drug-likeness (QED) is 0.194. The molecule has 5 aromatic rings. The molecule has 0 radical (unpaired) electrons. The van der Waals surface area contributed by atoms with Crippen LogP contribution in [0.2, 0.25) is 0 Å². The van der Waals surface area contributed by atoms with E-state index in [1.54, 1.807) is 40.6 Å². The molecule has 0 amide bonds. The Kier molecular flexibility index (Phi) is 6.59. The summed E-state index contributed by atoms with van der Waals surface area (Å²) in [6.45, 7) is 6.40. The molecule has 0 spiro atoms. The summed E-state index contributed by atoms with van der Waals surface area (Å²) in [7, 11) is 6.56. The first-order chi connectivity index (χ1) is 21.7. The predicted octanol–water partition coefficient (Wildman–Crippen LogP) is 8.98. The third-order valence-electron chi connectivity index (χ3n) is 9.41. The van der Waals surface area contributed by atoms with Crippen molar-refractivity contribution in [1.29, 1.82) is 0 Å². The van der Waals surface area contributed by atoms with Gasteiger partial charge in [-0.1, -0.05) is 44.2 Å². The number of halogens is 1. The van der Waals surface area contributed by atoms with Gasteiger partial charge in [-0.25, -0.2) is 4.39 Å². The smallest absolute Gasteiger partial charge is 0.178 e. The second-order valence-electron chi connectivity index (χ2n) is 12.1. The summed E-state index contributed by atoms with van der Waals surface area (Å²) >= 11 is 0. The zero-order valence-corrected chi connectivity index (χ0v) is 26.5. The normalized spacial score (nSPS) is 15.1. The lowest BCUT2D eigenvalue weighted by Crippen LogP contribution is -2.35. The number of methoxy groups -OCH3 is 4. The predicted molar refractivity (Wildman–Crippen MR) is 176 cm³/mol. The molecule has 0 unspecified atom stereocenters. The highest BCUT2D eigenvalue weighted by Gasteiger charge is 2.45. The van der Waals surface area contributed by atoms with Crippen LogP contribution in [0.25, 0.3) is 28.0 Å². The van der Waals surface area contributed by atoms with Gasteiger partial charge in [0, 0.05) is 27.5 Å². The van der Waals surface area contributed by atoms with Crippen LogP contribution < -0.4 is 23.7 Å². The van der Waals surface area contributed by atoms with Crippen LogP contribution in [-0.4, -0.2) is 28.4 Å². The Balaban J connectivity index is 1.59. The Morgan fingerprint density at radius 3 is 1.76 bits per heavy atom. The number of hydrogen-bond acceptors (Lipinski definition) is 5. The van der Waals surface area contributed by atoms with Crippen molar-refractivity contribution in [2.45, 2.75) is 31.8 Å². The highest BCUT2D eigenvalue weighted by Crippen LogP contribution is 2.59. The molecule has 2 aliphatic rings. The van der Waals surface area contributed by atoms with Gasteiger partial charge in [-0.3, -0.25) is 0 Å². The minimum atomic E-state index is -0.975. The summed E-state index contributed by atoms with van der Waals surface area (Å²) in [5, 5.41) is 1.76. The Morgan fingerprint density at radius 2 is 1.22 bits per heavy atom. The van der Waals surface area contributed by atoms with E-state index in [2.05, 4.69) is 26.0 Å². The van der Waals surface area contributed by atoms with Crippen LogP contribution in [-0.2, 0) is 11.0 Å². The molecule has 0 fully saturated rings. The van der Waals surface area contributed by atoms with Crippen molar-refractivity contribution in [3.63, 3.8) is 0 Å². The van der Waals surface area contributed by atoms with Crippen molar-refractivity contribution < 1.29 is 28.1 Å². The van der Waals surface area contributed by atoms with Gasteiger partial charge in [-0.2, -0.15) is 0 Å². The van der Waals surface area contributed by atoms with Gasteiger partial charge in [0.05, 0.1) is 28.4 Å². The van der Waals surface area contributed by atoms with Gasteiger partial charge in [0.2, 0.25) is 0 Å². The van der Waals surface area contributed by atoms with Gasteiger partial charge in [0.1, 0.15) is 23.1 Å². The Labute approximate surface area is 262 Å². The highest BCUT2D eigenvalue weighted by molar-refractivity contribution is 6.09. The van der Waals surface area contributed by atoms with Crippen molar-refractivity contribution in [2.75, 3.05) is 28.4 Å². The van der Waals surface area contributed by atoms with Crippen LogP contribution in [0.5, 0.6) is 28.7 Å². The zero-order chi connectivity index (χ0) is 31.7. The van der Waals surface area contributed by atoms with Crippen LogP contribution in [0, 0.1) is 12.7 Å². The monoisotopic (exact) mass is 602 g/mol. The van der Waals surface area contributed by atoms with Crippen LogP contribution in [0.15, 0.2) is 78.9 Å². The average Bonchev–Trinajstić information content (AvgIpc) is 3.30. The molecule has 0 aromatic heterocycles. The number of fused-ring (bicyclic) bond motifs is 8. The molecule has 7 rings (SSSR count). The summed E-state index contributed by atoms with van der Waals surface area (Å²) < 4.78 is 44.9. The largest absolute Gasteiger partial charge is 0.497 e. The second-order valence-corrected chi connectivity index (χ2v) is 12.1. The lowest BCUT2D eigenvalue weighted by molar-refractivity contribution is 0.163.